The highest BCUT2D eigenvalue weighted by Gasteiger charge is 2.31. The van der Waals surface area contributed by atoms with E-state index in [2.05, 4.69) is 10.3 Å². The summed E-state index contributed by atoms with van der Waals surface area (Å²) < 4.78 is 13.2. The van der Waals surface area contributed by atoms with Crippen LogP contribution in [0.3, 0.4) is 0 Å². The molecule has 1 fully saturated rings. The van der Waals surface area contributed by atoms with Crippen molar-refractivity contribution >= 4 is 6.03 Å². The number of amides is 2. The second kappa shape index (κ2) is 7.61. The molecule has 0 saturated heterocycles. The number of aliphatic hydroxyl groups is 1. The molecule has 0 aliphatic heterocycles. The average Bonchev–Trinajstić information content (AvgIpc) is 3.46. The normalized spacial score (nSPS) is 16.1. The smallest absolute Gasteiger partial charge is 0.318 e. The standard InChI is InChI=1S/C19H22FN3O2/c1-23(12-17(24)13-5-6-13)19(25)22-18(16-4-2-3-11-21-16)14-7-9-15(20)10-8-14/h2-4,7-11,13,17-18,24H,5-6,12H2,1H3,(H,22,25)/t17-,18+/m1/s1. The third kappa shape index (κ3) is 4.54. The Kier molecular flexibility index (Phi) is 5.28. The summed E-state index contributed by atoms with van der Waals surface area (Å²) in [5.74, 6) is -0.0292. The van der Waals surface area contributed by atoms with E-state index < -0.39 is 12.1 Å². The summed E-state index contributed by atoms with van der Waals surface area (Å²) in [5, 5.41) is 13.0. The molecule has 2 amide bonds. The fourth-order valence-corrected chi connectivity index (χ4v) is 2.76. The Hall–Kier alpha value is -2.47. The number of nitrogens with zero attached hydrogens (tertiary/aromatic N) is 2. The lowest BCUT2D eigenvalue weighted by atomic mass is 10.0. The van der Waals surface area contributed by atoms with Gasteiger partial charge in [0.2, 0.25) is 0 Å². The summed E-state index contributed by atoms with van der Waals surface area (Å²) in [4.78, 5) is 18.3. The molecule has 1 aromatic carbocycles. The highest BCUT2D eigenvalue weighted by atomic mass is 19.1. The van der Waals surface area contributed by atoms with Crippen LogP contribution in [0.4, 0.5) is 9.18 Å². The first-order chi connectivity index (χ1) is 12.0. The lowest BCUT2D eigenvalue weighted by Gasteiger charge is -2.25. The molecule has 2 N–H and O–H groups in total. The van der Waals surface area contributed by atoms with Gasteiger partial charge in [-0.3, -0.25) is 4.98 Å². The minimum atomic E-state index is -0.491. The number of carbonyl (C=O) groups is 1. The van der Waals surface area contributed by atoms with Crippen LogP contribution < -0.4 is 5.32 Å². The number of benzene rings is 1. The minimum absolute atomic E-state index is 0.287. The van der Waals surface area contributed by atoms with Gasteiger partial charge in [-0.2, -0.15) is 0 Å². The highest BCUT2D eigenvalue weighted by Crippen LogP contribution is 2.32. The van der Waals surface area contributed by atoms with Crippen LogP contribution in [0, 0.1) is 11.7 Å². The van der Waals surface area contributed by atoms with E-state index in [1.54, 1.807) is 31.4 Å². The lowest BCUT2D eigenvalue weighted by Crippen LogP contribution is -2.43. The number of aromatic nitrogens is 1. The van der Waals surface area contributed by atoms with Crippen molar-refractivity contribution in [3.05, 3.63) is 65.7 Å². The Balaban J connectivity index is 1.75. The number of halogens is 1. The second-order valence-electron chi connectivity index (χ2n) is 6.47. The van der Waals surface area contributed by atoms with Gasteiger partial charge in [-0.25, -0.2) is 9.18 Å². The molecule has 0 bridgehead atoms. The Labute approximate surface area is 146 Å². The predicted octanol–water partition coefficient (Wildman–Crippen LogP) is 2.72. The SMILES string of the molecule is CN(C[C@@H](O)C1CC1)C(=O)N[C@@H](c1ccc(F)cc1)c1ccccn1. The van der Waals surface area contributed by atoms with Crippen LogP contribution in [0.1, 0.15) is 30.1 Å². The molecule has 1 saturated carbocycles. The maximum atomic E-state index is 13.2. The summed E-state index contributed by atoms with van der Waals surface area (Å²) in [6, 6.07) is 10.6. The zero-order valence-corrected chi connectivity index (χ0v) is 14.1. The lowest BCUT2D eigenvalue weighted by molar-refractivity contribution is 0.113. The van der Waals surface area contributed by atoms with Gasteiger partial charge in [-0.1, -0.05) is 18.2 Å². The van der Waals surface area contributed by atoms with Gasteiger partial charge in [0.05, 0.1) is 17.8 Å². The number of hydrogen-bond donors (Lipinski definition) is 2. The second-order valence-corrected chi connectivity index (χ2v) is 6.47. The van der Waals surface area contributed by atoms with Crippen LogP contribution in [0.5, 0.6) is 0 Å². The maximum absolute atomic E-state index is 13.2. The number of urea groups is 1. The molecule has 0 spiro atoms. The third-order valence-electron chi connectivity index (χ3n) is 4.43. The number of pyridine rings is 1. The van der Waals surface area contributed by atoms with Gasteiger partial charge in [0.15, 0.2) is 0 Å². The van der Waals surface area contributed by atoms with E-state index in [-0.39, 0.29) is 18.4 Å². The molecule has 3 rings (SSSR count). The zero-order valence-electron chi connectivity index (χ0n) is 14.1. The molecule has 1 heterocycles. The molecule has 6 heteroatoms. The molecule has 1 aliphatic carbocycles. The molecule has 0 unspecified atom stereocenters. The fourth-order valence-electron chi connectivity index (χ4n) is 2.76. The third-order valence-corrected chi connectivity index (χ3v) is 4.43. The van der Waals surface area contributed by atoms with Crippen molar-refractivity contribution in [3.8, 4) is 0 Å². The summed E-state index contributed by atoms with van der Waals surface area (Å²) in [5.41, 5.74) is 1.41. The first-order valence-electron chi connectivity index (χ1n) is 8.40. The number of aliphatic hydroxyl groups excluding tert-OH is 1. The molecule has 25 heavy (non-hydrogen) atoms. The molecular formula is C19H22FN3O2. The van der Waals surface area contributed by atoms with Crippen LogP contribution in [0.2, 0.25) is 0 Å². The first kappa shape index (κ1) is 17.4. The van der Waals surface area contributed by atoms with Crippen LogP contribution in [0.15, 0.2) is 48.7 Å². The highest BCUT2D eigenvalue weighted by molar-refractivity contribution is 5.75. The van der Waals surface area contributed by atoms with E-state index in [0.717, 1.165) is 18.4 Å². The van der Waals surface area contributed by atoms with Gasteiger partial charge in [-0.15, -0.1) is 0 Å². The quantitative estimate of drug-likeness (QED) is 0.848. The van der Waals surface area contributed by atoms with E-state index in [1.165, 1.54) is 17.0 Å². The largest absolute Gasteiger partial charge is 0.391 e. The van der Waals surface area contributed by atoms with E-state index in [1.807, 2.05) is 12.1 Å². The van der Waals surface area contributed by atoms with Crippen molar-refractivity contribution < 1.29 is 14.3 Å². The van der Waals surface area contributed by atoms with Crippen molar-refractivity contribution in [1.82, 2.24) is 15.2 Å². The number of hydrogen-bond acceptors (Lipinski definition) is 3. The van der Waals surface area contributed by atoms with Crippen molar-refractivity contribution in [1.29, 1.82) is 0 Å². The first-order valence-corrected chi connectivity index (χ1v) is 8.40. The van der Waals surface area contributed by atoms with Crippen molar-refractivity contribution in [2.75, 3.05) is 13.6 Å². The Morgan fingerprint density at radius 1 is 1.32 bits per heavy atom. The van der Waals surface area contributed by atoms with Gasteiger partial charge in [0.1, 0.15) is 5.82 Å². The van der Waals surface area contributed by atoms with Crippen molar-refractivity contribution in [3.63, 3.8) is 0 Å². The minimum Gasteiger partial charge on any atom is -0.391 e. The topological polar surface area (TPSA) is 65.5 Å². The summed E-state index contributed by atoms with van der Waals surface area (Å²) in [7, 11) is 1.65. The summed E-state index contributed by atoms with van der Waals surface area (Å²) >= 11 is 0. The van der Waals surface area contributed by atoms with Crippen LogP contribution in [0.25, 0.3) is 0 Å². The van der Waals surface area contributed by atoms with Crippen LogP contribution in [-0.4, -0.2) is 40.7 Å². The van der Waals surface area contributed by atoms with E-state index in [0.29, 0.717) is 11.6 Å². The molecule has 132 valence electrons. The average molecular weight is 343 g/mol. The van der Waals surface area contributed by atoms with Crippen molar-refractivity contribution in [2.45, 2.75) is 25.0 Å². The van der Waals surface area contributed by atoms with Gasteiger partial charge in [0, 0.05) is 19.8 Å². The van der Waals surface area contributed by atoms with Gasteiger partial charge >= 0.3 is 6.03 Å². The van der Waals surface area contributed by atoms with Crippen molar-refractivity contribution in [2.24, 2.45) is 5.92 Å². The molecular weight excluding hydrogens is 321 g/mol. The molecule has 5 nitrogen and oxygen atoms in total. The Morgan fingerprint density at radius 2 is 2.04 bits per heavy atom. The number of likely N-dealkylation sites (N-methyl/N-ethyl adjacent to an activating group) is 1. The van der Waals surface area contributed by atoms with Gasteiger partial charge < -0.3 is 15.3 Å². The van der Waals surface area contributed by atoms with E-state index in [4.69, 9.17) is 0 Å². The zero-order chi connectivity index (χ0) is 17.8. The van der Waals surface area contributed by atoms with Gasteiger partial charge in [0.25, 0.3) is 0 Å². The maximum Gasteiger partial charge on any atom is 0.318 e. The fraction of sp³-hybridized carbons (Fsp3) is 0.368. The van der Waals surface area contributed by atoms with E-state index >= 15 is 0 Å². The number of nitrogens with one attached hydrogen (secondary N) is 1. The number of carbonyl (C=O) groups excluding carboxylic acids is 1. The number of rotatable bonds is 6. The Bertz CT molecular complexity index is 704. The molecule has 1 aromatic heterocycles. The summed E-state index contributed by atoms with van der Waals surface area (Å²) in [6.45, 7) is 0.287. The Morgan fingerprint density at radius 3 is 2.64 bits per heavy atom. The molecule has 2 aromatic rings. The van der Waals surface area contributed by atoms with Gasteiger partial charge in [-0.05, 0) is 48.6 Å². The van der Waals surface area contributed by atoms with E-state index in [9.17, 15) is 14.3 Å². The van der Waals surface area contributed by atoms with Crippen LogP contribution in [-0.2, 0) is 0 Å². The molecule has 2 atom stereocenters. The molecule has 1 aliphatic rings. The van der Waals surface area contributed by atoms with Crippen LogP contribution >= 0.6 is 0 Å². The molecule has 0 radical (unpaired) electrons. The predicted molar refractivity (Wildman–Crippen MR) is 92.4 cm³/mol. The summed E-state index contributed by atoms with van der Waals surface area (Å²) in [6.07, 6.45) is 3.19. The monoisotopic (exact) mass is 343 g/mol.